The highest BCUT2D eigenvalue weighted by Crippen LogP contribution is 2.32. The molecule has 1 unspecified atom stereocenters. The average molecular weight is 325 g/mol. The SMILES string of the molecule is CC(C)N(CCCO)CC(O)COCc1ccc2c(c1)OCO2. The zero-order valence-electron chi connectivity index (χ0n) is 13.9. The van der Waals surface area contributed by atoms with E-state index in [1.165, 1.54) is 0 Å². The molecule has 0 saturated carbocycles. The molecule has 130 valence electrons. The number of aliphatic hydroxyl groups is 2. The fourth-order valence-corrected chi connectivity index (χ4v) is 2.50. The van der Waals surface area contributed by atoms with Gasteiger partial charge in [-0.05, 0) is 38.0 Å². The Morgan fingerprint density at radius 2 is 2.04 bits per heavy atom. The summed E-state index contributed by atoms with van der Waals surface area (Å²) in [5.74, 6) is 1.49. The van der Waals surface area contributed by atoms with Gasteiger partial charge in [-0.15, -0.1) is 0 Å². The molecule has 0 amide bonds. The minimum atomic E-state index is -0.551. The smallest absolute Gasteiger partial charge is 0.231 e. The van der Waals surface area contributed by atoms with Gasteiger partial charge >= 0.3 is 0 Å². The lowest BCUT2D eigenvalue weighted by atomic mass is 10.2. The third-order valence-corrected chi connectivity index (χ3v) is 3.79. The fraction of sp³-hybridized carbons (Fsp3) is 0.647. The van der Waals surface area contributed by atoms with Gasteiger partial charge in [0, 0.05) is 25.7 Å². The summed E-state index contributed by atoms with van der Waals surface area (Å²) in [6.45, 7) is 6.60. The van der Waals surface area contributed by atoms with Gasteiger partial charge < -0.3 is 24.4 Å². The van der Waals surface area contributed by atoms with Crippen LogP contribution in [0.15, 0.2) is 18.2 Å². The molecule has 6 heteroatoms. The largest absolute Gasteiger partial charge is 0.454 e. The van der Waals surface area contributed by atoms with Crippen LogP contribution < -0.4 is 9.47 Å². The summed E-state index contributed by atoms with van der Waals surface area (Å²) in [5.41, 5.74) is 0.988. The summed E-state index contributed by atoms with van der Waals surface area (Å²) in [6, 6.07) is 6.02. The Balaban J connectivity index is 1.72. The first-order valence-corrected chi connectivity index (χ1v) is 8.09. The van der Waals surface area contributed by atoms with Crippen molar-refractivity contribution in [2.45, 2.75) is 39.0 Å². The molecule has 1 atom stereocenters. The molecule has 1 heterocycles. The van der Waals surface area contributed by atoms with Crippen LogP contribution in [0, 0.1) is 0 Å². The van der Waals surface area contributed by atoms with Gasteiger partial charge in [0.25, 0.3) is 0 Å². The lowest BCUT2D eigenvalue weighted by Crippen LogP contribution is -2.40. The van der Waals surface area contributed by atoms with Crippen molar-refractivity contribution in [3.8, 4) is 11.5 Å². The first-order valence-electron chi connectivity index (χ1n) is 8.09. The predicted octanol–water partition coefficient (Wildman–Crippen LogP) is 1.39. The highest BCUT2D eigenvalue weighted by Gasteiger charge is 2.16. The van der Waals surface area contributed by atoms with Crippen LogP contribution in [0.25, 0.3) is 0 Å². The van der Waals surface area contributed by atoms with Gasteiger partial charge in [-0.3, -0.25) is 4.90 Å². The zero-order chi connectivity index (χ0) is 16.7. The quantitative estimate of drug-likeness (QED) is 0.677. The Labute approximate surface area is 137 Å². The lowest BCUT2D eigenvalue weighted by Gasteiger charge is -2.28. The van der Waals surface area contributed by atoms with Crippen LogP contribution in [0.1, 0.15) is 25.8 Å². The number of rotatable bonds is 10. The van der Waals surface area contributed by atoms with Crippen molar-refractivity contribution in [3.05, 3.63) is 23.8 Å². The molecule has 0 aliphatic carbocycles. The van der Waals surface area contributed by atoms with Crippen molar-refractivity contribution in [1.82, 2.24) is 4.90 Å². The van der Waals surface area contributed by atoms with Gasteiger partial charge in [-0.1, -0.05) is 6.07 Å². The number of fused-ring (bicyclic) bond motifs is 1. The second kappa shape index (κ2) is 9.08. The summed E-state index contributed by atoms with van der Waals surface area (Å²) in [5, 5.41) is 19.1. The standard InChI is InChI=1S/C17H27NO5/c1-13(2)18(6-3-7-19)9-15(20)11-21-10-14-4-5-16-17(8-14)23-12-22-16/h4-5,8,13,15,19-20H,3,6-7,9-12H2,1-2H3. The van der Waals surface area contributed by atoms with Crippen molar-refractivity contribution in [1.29, 1.82) is 0 Å². The minimum Gasteiger partial charge on any atom is -0.454 e. The Bertz CT molecular complexity index is 480. The summed E-state index contributed by atoms with van der Waals surface area (Å²) in [7, 11) is 0. The van der Waals surface area contributed by atoms with Gasteiger partial charge in [-0.2, -0.15) is 0 Å². The maximum absolute atomic E-state index is 10.1. The number of nitrogens with zero attached hydrogens (tertiary/aromatic N) is 1. The highest BCUT2D eigenvalue weighted by atomic mass is 16.7. The second-order valence-corrected chi connectivity index (χ2v) is 6.02. The normalized spacial score (nSPS) is 14.7. The molecule has 0 radical (unpaired) electrons. The number of ether oxygens (including phenoxy) is 3. The summed E-state index contributed by atoms with van der Waals surface area (Å²) in [6.07, 6.45) is 0.160. The van der Waals surface area contributed by atoms with E-state index in [-0.39, 0.29) is 20.0 Å². The van der Waals surface area contributed by atoms with E-state index < -0.39 is 6.10 Å². The Hall–Kier alpha value is -1.34. The Kier molecular flexibility index (Phi) is 7.11. The van der Waals surface area contributed by atoms with E-state index in [0.717, 1.165) is 23.6 Å². The molecule has 1 aliphatic heterocycles. The molecule has 1 aromatic carbocycles. The molecule has 0 saturated heterocycles. The van der Waals surface area contributed by atoms with Crippen LogP contribution >= 0.6 is 0 Å². The van der Waals surface area contributed by atoms with Gasteiger partial charge in [-0.25, -0.2) is 0 Å². The van der Waals surface area contributed by atoms with E-state index in [4.69, 9.17) is 19.3 Å². The fourth-order valence-electron chi connectivity index (χ4n) is 2.50. The van der Waals surface area contributed by atoms with Crippen LogP contribution in [0.3, 0.4) is 0 Å². The van der Waals surface area contributed by atoms with Gasteiger partial charge in [0.05, 0.1) is 19.3 Å². The maximum atomic E-state index is 10.1. The second-order valence-electron chi connectivity index (χ2n) is 6.02. The number of benzene rings is 1. The van der Waals surface area contributed by atoms with E-state index in [9.17, 15) is 5.11 Å². The lowest BCUT2D eigenvalue weighted by molar-refractivity contribution is 0.00387. The summed E-state index contributed by atoms with van der Waals surface area (Å²) in [4.78, 5) is 2.14. The van der Waals surface area contributed by atoms with Crippen molar-refractivity contribution in [2.75, 3.05) is 33.1 Å². The van der Waals surface area contributed by atoms with E-state index in [1.54, 1.807) is 0 Å². The molecule has 6 nitrogen and oxygen atoms in total. The van der Waals surface area contributed by atoms with Crippen LogP contribution in [-0.4, -0.2) is 60.4 Å². The number of aliphatic hydroxyl groups excluding tert-OH is 2. The number of hydrogen-bond donors (Lipinski definition) is 2. The van der Waals surface area contributed by atoms with Crippen molar-refractivity contribution < 1.29 is 24.4 Å². The molecular weight excluding hydrogens is 298 g/mol. The summed E-state index contributed by atoms with van der Waals surface area (Å²) < 4.78 is 16.2. The van der Waals surface area contributed by atoms with Crippen molar-refractivity contribution >= 4 is 0 Å². The van der Waals surface area contributed by atoms with E-state index >= 15 is 0 Å². The van der Waals surface area contributed by atoms with E-state index in [1.807, 2.05) is 18.2 Å². The van der Waals surface area contributed by atoms with Crippen LogP contribution in [0.2, 0.25) is 0 Å². The van der Waals surface area contributed by atoms with Gasteiger partial charge in [0.15, 0.2) is 11.5 Å². The maximum Gasteiger partial charge on any atom is 0.231 e. The Morgan fingerprint density at radius 3 is 2.78 bits per heavy atom. The van der Waals surface area contributed by atoms with Crippen LogP contribution in [0.5, 0.6) is 11.5 Å². The van der Waals surface area contributed by atoms with Crippen LogP contribution in [-0.2, 0) is 11.3 Å². The molecule has 2 rings (SSSR count). The average Bonchev–Trinajstić information content (AvgIpc) is 2.98. The monoisotopic (exact) mass is 325 g/mol. The van der Waals surface area contributed by atoms with E-state index in [2.05, 4.69) is 18.7 Å². The van der Waals surface area contributed by atoms with E-state index in [0.29, 0.717) is 25.6 Å². The molecule has 2 N–H and O–H groups in total. The molecular formula is C17H27NO5. The van der Waals surface area contributed by atoms with Crippen molar-refractivity contribution in [2.24, 2.45) is 0 Å². The Morgan fingerprint density at radius 1 is 1.26 bits per heavy atom. The molecule has 23 heavy (non-hydrogen) atoms. The topological polar surface area (TPSA) is 71.4 Å². The van der Waals surface area contributed by atoms with Crippen molar-refractivity contribution in [3.63, 3.8) is 0 Å². The first kappa shape index (κ1) is 18.0. The molecule has 0 fully saturated rings. The predicted molar refractivity (Wildman–Crippen MR) is 86.6 cm³/mol. The van der Waals surface area contributed by atoms with Crippen LogP contribution in [0.4, 0.5) is 0 Å². The molecule has 1 aliphatic rings. The zero-order valence-corrected chi connectivity index (χ0v) is 13.9. The number of hydrogen-bond acceptors (Lipinski definition) is 6. The van der Waals surface area contributed by atoms with Gasteiger partial charge in [0.2, 0.25) is 6.79 Å². The summed E-state index contributed by atoms with van der Waals surface area (Å²) >= 11 is 0. The molecule has 0 aromatic heterocycles. The molecule has 0 bridgehead atoms. The third-order valence-electron chi connectivity index (χ3n) is 3.79. The first-order chi connectivity index (χ1) is 11.1. The molecule has 1 aromatic rings. The minimum absolute atomic E-state index is 0.167. The highest BCUT2D eigenvalue weighted by molar-refractivity contribution is 5.44. The third kappa shape index (κ3) is 5.66. The molecule has 0 spiro atoms. The van der Waals surface area contributed by atoms with Gasteiger partial charge in [0.1, 0.15) is 0 Å².